The number of pyridine rings is 2. The van der Waals surface area contributed by atoms with Gasteiger partial charge in [-0.2, -0.15) is 0 Å². The highest BCUT2D eigenvalue weighted by Crippen LogP contribution is 2.15. The van der Waals surface area contributed by atoms with Gasteiger partial charge < -0.3 is 5.32 Å². The molecule has 1 aromatic carbocycles. The quantitative estimate of drug-likeness (QED) is 0.797. The van der Waals surface area contributed by atoms with Crippen LogP contribution in [0.25, 0.3) is 10.9 Å². The Hall–Kier alpha value is -2.75. The van der Waals surface area contributed by atoms with Crippen molar-refractivity contribution in [2.45, 2.75) is 6.42 Å². The van der Waals surface area contributed by atoms with Crippen molar-refractivity contribution in [1.29, 1.82) is 0 Å². The van der Waals surface area contributed by atoms with E-state index < -0.39 is 0 Å². The molecule has 0 radical (unpaired) electrons. The molecular formula is C17H15N3O. The number of amides is 1. The molecule has 0 saturated carbocycles. The minimum Gasteiger partial charge on any atom is -0.352 e. The van der Waals surface area contributed by atoms with Crippen LogP contribution in [0.15, 0.2) is 60.9 Å². The van der Waals surface area contributed by atoms with Crippen LogP contribution in [0, 0.1) is 0 Å². The Morgan fingerprint density at radius 1 is 0.952 bits per heavy atom. The average molecular weight is 277 g/mol. The van der Waals surface area contributed by atoms with Crippen LogP contribution >= 0.6 is 0 Å². The van der Waals surface area contributed by atoms with Crippen molar-refractivity contribution in [3.05, 3.63) is 72.2 Å². The number of fused-ring (bicyclic) bond motifs is 1. The highest BCUT2D eigenvalue weighted by molar-refractivity contribution is 6.05. The molecular weight excluding hydrogens is 262 g/mol. The van der Waals surface area contributed by atoms with Crippen molar-refractivity contribution in [1.82, 2.24) is 15.3 Å². The van der Waals surface area contributed by atoms with Gasteiger partial charge in [-0.3, -0.25) is 14.8 Å². The van der Waals surface area contributed by atoms with Gasteiger partial charge in [0.05, 0.1) is 11.1 Å². The van der Waals surface area contributed by atoms with Gasteiger partial charge in [0.25, 0.3) is 5.91 Å². The molecule has 4 heteroatoms. The second-order valence-corrected chi connectivity index (χ2v) is 4.71. The molecule has 104 valence electrons. The summed E-state index contributed by atoms with van der Waals surface area (Å²) in [6, 6.07) is 15.2. The minimum atomic E-state index is -0.102. The van der Waals surface area contributed by atoms with E-state index in [0.29, 0.717) is 18.5 Å². The number of carbonyl (C=O) groups is 1. The van der Waals surface area contributed by atoms with Gasteiger partial charge in [-0.1, -0.05) is 24.3 Å². The molecule has 0 saturated heterocycles. The summed E-state index contributed by atoms with van der Waals surface area (Å²) < 4.78 is 0. The zero-order chi connectivity index (χ0) is 14.5. The SMILES string of the molecule is O=C(NCCc1ccccn1)c1cccc2cccnc12. The van der Waals surface area contributed by atoms with Crippen LogP contribution in [0.2, 0.25) is 0 Å². The number of aromatic nitrogens is 2. The van der Waals surface area contributed by atoms with Crippen molar-refractivity contribution < 1.29 is 4.79 Å². The molecule has 21 heavy (non-hydrogen) atoms. The molecule has 2 aromatic heterocycles. The molecule has 3 rings (SSSR count). The summed E-state index contributed by atoms with van der Waals surface area (Å²) in [6.07, 6.45) is 4.17. The van der Waals surface area contributed by atoms with Gasteiger partial charge in [0.15, 0.2) is 0 Å². The van der Waals surface area contributed by atoms with E-state index in [2.05, 4.69) is 15.3 Å². The lowest BCUT2D eigenvalue weighted by Gasteiger charge is -2.07. The molecule has 3 aromatic rings. The molecule has 0 fully saturated rings. The Labute approximate surface area is 122 Å². The van der Waals surface area contributed by atoms with Crippen LogP contribution in [0.5, 0.6) is 0 Å². The lowest BCUT2D eigenvalue weighted by Crippen LogP contribution is -2.26. The molecule has 0 spiro atoms. The van der Waals surface area contributed by atoms with Crippen LogP contribution in [0.3, 0.4) is 0 Å². The van der Waals surface area contributed by atoms with Crippen LogP contribution in [-0.4, -0.2) is 22.4 Å². The first-order valence-corrected chi connectivity index (χ1v) is 6.86. The van der Waals surface area contributed by atoms with E-state index in [1.807, 2.05) is 42.5 Å². The third-order valence-electron chi connectivity index (χ3n) is 3.27. The monoisotopic (exact) mass is 277 g/mol. The van der Waals surface area contributed by atoms with E-state index in [0.717, 1.165) is 16.6 Å². The zero-order valence-corrected chi connectivity index (χ0v) is 11.5. The maximum atomic E-state index is 12.3. The molecule has 0 atom stereocenters. The maximum Gasteiger partial charge on any atom is 0.253 e. The van der Waals surface area contributed by atoms with Crippen molar-refractivity contribution >= 4 is 16.8 Å². The Morgan fingerprint density at radius 2 is 1.81 bits per heavy atom. The molecule has 2 heterocycles. The molecule has 4 nitrogen and oxygen atoms in total. The molecule has 0 aliphatic rings. The van der Waals surface area contributed by atoms with E-state index in [4.69, 9.17) is 0 Å². The number of rotatable bonds is 4. The molecule has 0 bridgehead atoms. The number of nitrogens with zero attached hydrogens (tertiary/aromatic N) is 2. The Morgan fingerprint density at radius 3 is 2.67 bits per heavy atom. The van der Waals surface area contributed by atoms with Gasteiger partial charge in [-0.15, -0.1) is 0 Å². The second-order valence-electron chi connectivity index (χ2n) is 4.71. The highest BCUT2D eigenvalue weighted by Gasteiger charge is 2.10. The van der Waals surface area contributed by atoms with Crippen LogP contribution < -0.4 is 5.32 Å². The summed E-state index contributed by atoms with van der Waals surface area (Å²) in [5, 5.41) is 3.89. The van der Waals surface area contributed by atoms with Crippen LogP contribution in [0.1, 0.15) is 16.1 Å². The number of carbonyl (C=O) groups excluding carboxylic acids is 1. The van der Waals surface area contributed by atoms with E-state index >= 15 is 0 Å². The first-order chi connectivity index (χ1) is 10.3. The van der Waals surface area contributed by atoms with Crippen molar-refractivity contribution in [3.8, 4) is 0 Å². The summed E-state index contributed by atoms with van der Waals surface area (Å²) in [6.45, 7) is 0.555. The minimum absolute atomic E-state index is 0.102. The maximum absolute atomic E-state index is 12.3. The zero-order valence-electron chi connectivity index (χ0n) is 11.5. The number of benzene rings is 1. The summed E-state index contributed by atoms with van der Waals surface area (Å²) >= 11 is 0. The predicted molar refractivity (Wildman–Crippen MR) is 82.0 cm³/mol. The summed E-state index contributed by atoms with van der Waals surface area (Å²) in [4.78, 5) is 20.8. The van der Waals surface area contributed by atoms with Gasteiger partial charge in [-0.05, 0) is 24.3 Å². The topological polar surface area (TPSA) is 54.9 Å². The van der Waals surface area contributed by atoms with E-state index in [1.165, 1.54) is 0 Å². The fourth-order valence-corrected chi connectivity index (χ4v) is 2.23. The molecule has 1 N–H and O–H groups in total. The highest BCUT2D eigenvalue weighted by atomic mass is 16.1. The van der Waals surface area contributed by atoms with Gasteiger partial charge >= 0.3 is 0 Å². The lowest BCUT2D eigenvalue weighted by atomic mass is 10.1. The normalized spacial score (nSPS) is 10.5. The smallest absolute Gasteiger partial charge is 0.253 e. The first kappa shape index (κ1) is 13.2. The van der Waals surface area contributed by atoms with Gasteiger partial charge in [-0.25, -0.2) is 0 Å². The van der Waals surface area contributed by atoms with Crippen molar-refractivity contribution in [2.75, 3.05) is 6.54 Å². The van der Waals surface area contributed by atoms with Crippen molar-refractivity contribution in [3.63, 3.8) is 0 Å². The third-order valence-corrected chi connectivity index (χ3v) is 3.27. The van der Waals surface area contributed by atoms with Gasteiger partial charge in [0, 0.05) is 36.4 Å². The Bertz CT molecular complexity index is 751. The molecule has 0 aliphatic heterocycles. The fourth-order valence-electron chi connectivity index (χ4n) is 2.23. The third kappa shape index (κ3) is 3.05. The molecule has 0 unspecified atom stereocenters. The van der Waals surface area contributed by atoms with E-state index in [-0.39, 0.29) is 5.91 Å². The predicted octanol–water partition coefficient (Wildman–Crippen LogP) is 2.60. The number of para-hydroxylation sites is 1. The number of hydrogen-bond acceptors (Lipinski definition) is 3. The van der Waals surface area contributed by atoms with Gasteiger partial charge in [0.1, 0.15) is 0 Å². The average Bonchev–Trinajstić information content (AvgIpc) is 2.55. The van der Waals surface area contributed by atoms with E-state index in [9.17, 15) is 4.79 Å². The summed E-state index contributed by atoms with van der Waals surface area (Å²) in [5.74, 6) is -0.102. The standard InChI is InChI=1S/C17H15N3O/c21-17(20-12-9-14-7-1-2-10-18-14)15-8-3-5-13-6-4-11-19-16(13)15/h1-8,10-11H,9,12H2,(H,20,21). The Balaban J connectivity index is 1.70. The first-order valence-electron chi connectivity index (χ1n) is 6.86. The molecule has 0 aliphatic carbocycles. The second kappa shape index (κ2) is 6.13. The number of hydrogen-bond donors (Lipinski definition) is 1. The van der Waals surface area contributed by atoms with Gasteiger partial charge in [0.2, 0.25) is 0 Å². The van der Waals surface area contributed by atoms with Crippen LogP contribution in [0.4, 0.5) is 0 Å². The van der Waals surface area contributed by atoms with Crippen LogP contribution in [-0.2, 0) is 6.42 Å². The molecule has 1 amide bonds. The summed E-state index contributed by atoms with van der Waals surface area (Å²) in [5.41, 5.74) is 2.30. The fraction of sp³-hybridized carbons (Fsp3) is 0.118. The summed E-state index contributed by atoms with van der Waals surface area (Å²) in [7, 11) is 0. The van der Waals surface area contributed by atoms with Crippen molar-refractivity contribution in [2.24, 2.45) is 0 Å². The Kier molecular flexibility index (Phi) is 3.87. The lowest BCUT2D eigenvalue weighted by molar-refractivity contribution is 0.0955. The van der Waals surface area contributed by atoms with E-state index in [1.54, 1.807) is 18.5 Å². The number of nitrogens with one attached hydrogen (secondary N) is 1. The largest absolute Gasteiger partial charge is 0.352 e.